The van der Waals surface area contributed by atoms with E-state index in [4.69, 9.17) is 4.99 Å². The van der Waals surface area contributed by atoms with Gasteiger partial charge in [-0.1, -0.05) is 13.3 Å². The summed E-state index contributed by atoms with van der Waals surface area (Å²) < 4.78 is 0. The van der Waals surface area contributed by atoms with Crippen molar-refractivity contribution in [1.82, 2.24) is 20.4 Å². The van der Waals surface area contributed by atoms with Crippen molar-refractivity contribution in [3.8, 4) is 0 Å². The van der Waals surface area contributed by atoms with Crippen molar-refractivity contribution in [2.24, 2.45) is 4.99 Å². The van der Waals surface area contributed by atoms with E-state index in [0.717, 1.165) is 57.6 Å². The van der Waals surface area contributed by atoms with Gasteiger partial charge in [0.2, 0.25) is 5.91 Å². The molecule has 0 aromatic rings. The van der Waals surface area contributed by atoms with E-state index in [1.54, 1.807) is 0 Å². The highest BCUT2D eigenvalue weighted by Crippen LogP contribution is 2.18. The van der Waals surface area contributed by atoms with E-state index in [0.29, 0.717) is 13.0 Å². The minimum Gasteiger partial charge on any atom is -0.357 e. The van der Waals surface area contributed by atoms with Gasteiger partial charge in [-0.05, 0) is 45.6 Å². The van der Waals surface area contributed by atoms with Crippen LogP contribution in [0.3, 0.4) is 0 Å². The van der Waals surface area contributed by atoms with E-state index >= 15 is 0 Å². The Kier molecular flexibility index (Phi) is 9.08. The summed E-state index contributed by atoms with van der Waals surface area (Å²) >= 11 is 0. The third-order valence-corrected chi connectivity index (χ3v) is 5.31. The van der Waals surface area contributed by atoms with Gasteiger partial charge in [0.1, 0.15) is 0 Å². The summed E-state index contributed by atoms with van der Waals surface area (Å²) in [5, 5.41) is 6.60. The highest BCUT2D eigenvalue weighted by atomic mass is 16.2. The summed E-state index contributed by atoms with van der Waals surface area (Å²) in [5.41, 5.74) is 0. The molecule has 2 heterocycles. The molecule has 144 valence electrons. The third kappa shape index (κ3) is 6.84. The fraction of sp³-hybridized carbons (Fsp3) is 0.895. The van der Waals surface area contributed by atoms with Gasteiger partial charge >= 0.3 is 0 Å². The first-order valence-electron chi connectivity index (χ1n) is 10.3. The summed E-state index contributed by atoms with van der Waals surface area (Å²) in [6.07, 6.45) is 8.11. The molecule has 0 spiro atoms. The van der Waals surface area contributed by atoms with Gasteiger partial charge < -0.3 is 15.5 Å². The van der Waals surface area contributed by atoms with Crippen molar-refractivity contribution in [1.29, 1.82) is 0 Å². The number of piperidine rings is 1. The Morgan fingerprint density at radius 2 is 1.84 bits per heavy atom. The molecule has 0 saturated carbocycles. The lowest BCUT2D eigenvalue weighted by molar-refractivity contribution is -0.129. The van der Waals surface area contributed by atoms with Crippen LogP contribution < -0.4 is 10.6 Å². The number of hydrogen-bond donors (Lipinski definition) is 2. The molecule has 0 aromatic carbocycles. The SMILES string of the molecule is CCNC(=NCCN1CCCCC1CC)NCCC(=O)N1CCCC1. The number of hydrogen-bond acceptors (Lipinski definition) is 3. The molecule has 2 rings (SSSR count). The minimum absolute atomic E-state index is 0.264. The number of guanidine groups is 1. The minimum atomic E-state index is 0.264. The van der Waals surface area contributed by atoms with Crippen LogP contribution in [0.1, 0.15) is 58.8 Å². The fourth-order valence-corrected chi connectivity index (χ4v) is 3.86. The molecule has 1 amide bonds. The first kappa shape index (κ1) is 20.0. The van der Waals surface area contributed by atoms with Gasteiger partial charge in [0.15, 0.2) is 5.96 Å². The number of amides is 1. The molecule has 2 N–H and O–H groups in total. The van der Waals surface area contributed by atoms with Crippen molar-refractivity contribution in [3.63, 3.8) is 0 Å². The van der Waals surface area contributed by atoms with Crippen molar-refractivity contribution < 1.29 is 4.79 Å². The van der Waals surface area contributed by atoms with Crippen molar-refractivity contribution in [2.45, 2.75) is 64.8 Å². The summed E-state index contributed by atoms with van der Waals surface area (Å²) in [6, 6.07) is 0.734. The van der Waals surface area contributed by atoms with Gasteiger partial charge in [0.25, 0.3) is 0 Å². The molecule has 1 atom stereocenters. The number of nitrogens with one attached hydrogen (secondary N) is 2. The average Bonchev–Trinajstić information content (AvgIpc) is 3.17. The van der Waals surface area contributed by atoms with Crippen LogP contribution in [-0.2, 0) is 4.79 Å². The standard InChI is InChI=1S/C19H37N5O/c1-3-17-9-5-6-13-23(17)16-12-22-19(20-4-2)21-11-10-18(25)24-14-7-8-15-24/h17H,3-16H2,1-2H3,(H2,20,21,22). The molecule has 0 aromatic heterocycles. The zero-order valence-electron chi connectivity index (χ0n) is 16.2. The zero-order chi connectivity index (χ0) is 17.9. The van der Waals surface area contributed by atoms with Crippen LogP contribution in [0.2, 0.25) is 0 Å². The van der Waals surface area contributed by atoms with E-state index in [9.17, 15) is 4.79 Å². The molecular weight excluding hydrogens is 314 g/mol. The molecule has 1 unspecified atom stereocenters. The van der Waals surface area contributed by atoms with Crippen LogP contribution in [0.25, 0.3) is 0 Å². The second-order valence-corrected chi connectivity index (χ2v) is 7.12. The molecule has 0 bridgehead atoms. The number of carbonyl (C=O) groups excluding carboxylic acids is 1. The van der Waals surface area contributed by atoms with Crippen LogP contribution in [0, 0.1) is 0 Å². The van der Waals surface area contributed by atoms with Crippen LogP contribution >= 0.6 is 0 Å². The zero-order valence-corrected chi connectivity index (χ0v) is 16.2. The number of aliphatic imine (C=N–C) groups is 1. The predicted octanol–water partition coefficient (Wildman–Crippen LogP) is 1.82. The normalized spacial score (nSPS) is 22.2. The van der Waals surface area contributed by atoms with Crippen molar-refractivity contribution in [3.05, 3.63) is 0 Å². The van der Waals surface area contributed by atoms with Crippen LogP contribution in [0.15, 0.2) is 4.99 Å². The van der Waals surface area contributed by atoms with Crippen molar-refractivity contribution >= 4 is 11.9 Å². The van der Waals surface area contributed by atoms with E-state index in [2.05, 4.69) is 29.4 Å². The molecular formula is C19H37N5O. The Labute approximate surface area is 153 Å². The maximum absolute atomic E-state index is 12.1. The van der Waals surface area contributed by atoms with Crippen molar-refractivity contribution in [2.75, 3.05) is 45.8 Å². The molecule has 2 saturated heterocycles. The lowest BCUT2D eigenvalue weighted by atomic mass is 10.0. The molecule has 2 aliphatic rings. The number of carbonyl (C=O) groups is 1. The third-order valence-electron chi connectivity index (χ3n) is 5.31. The Morgan fingerprint density at radius 3 is 2.56 bits per heavy atom. The van der Waals surface area contributed by atoms with E-state index in [1.165, 1.54) is 32.2 Å². The van der Waals surface area contributed by atoms with Gasteiger partial charge in [-0.2, -0.15) is 0 Å². The topological polar surface area (TPSA) is 60.0 Å². The van der Waals surface area contributed by atoms with Crippen LogP contribution in [0.5, 0.6) is 0 Å². The van der Waals surface area contributed by atoms with E-state index in [-0.39, 0.29) is 5.91 Å². The lowest BCUT2D eigenvalue weighted by Crippen LogP contribution is -2.42. The van der Waals surface area contributed by atoms with E-state index < -0.39 is 0 Å². The Balaban J connectivity index is 1.70. The summed E-state index contributed by atoms with van der Waals surface area (Å²) in [4.78, 5) is 21.4. The molecule has 25 heavy (non-hydrogen) atoms. The lowest BCUT2D eigenvalue weighted by Gasteiger charge is -2.34. The quantitative estimate of drug-likeness (QED) is 0.517. The fourth-order valence-electron chi connectivity index (χ4n) is 3.86. The Morgan fingerprint density at radius 1 is 1.08 bits per heavy atom. The smallest absolute Gasteiger partial charge is 0.224 e. The number of rotatable bonds is 8. The summed E-state index contributed by atoms with van der Waals surface area (Å²) in [5.74, 6) is 1.10. The summed E-state index contributed by atoms with van der Waals surface area (Å²) in [7, 11) is 0. The maximum atomic E-state index is 12.1. The number of likely N-dealkylation sites (tertiary alicyclic amines) is 2. The molecule has 2 fully saturated rings. The molecule has 6 heteroatoms. The van der Waals surface area contributed by atoms with E-state index in [1.807, 2.05) is 4.90 Å². The average molecular weight is 352 g/mol. The highest BCUT2D eigenvalue weighted by Gasteiger charge is 2.20. The molecule has 0 aliphatic carbocycles. The monoisotopic (exact) mass is 351 g/mol. The maximum Gasteiger partial charge on any atom is 0.224 e. The predicted molar refractivity (Wildman–Crippen MR) is 104 cm³/mol. The number of nitrogens with zero attached hydrogens (tertiary/aromatic N) is 3. The Bertz CT molecular complexity index is 420. The van der Waals surface area contributed by atoms with Gasteiger partial charge in [0, 0.05) is 45.2 Å². The molecule has 0 radical (unpaired) electrons. The van der Waals surface area contributed by atoms with Crippen LogP contribution in [-0.4, -0.2) is 73.5 Å². The van der Waals surface area contributed by atoms with Crippen LogP contribution in [0.4, 0.5) is 0 Å². The van der Waals surface area contributed by atoms with Gasteiger partial charge in [-0.25, -0.2) is 0 Å². The second kappa shape index (κ2) is 11.3. The highest BCUT2D eigenvalue weighted by molar-refractivity contribution is 5.81. The largest absolute Gasteiger partial charge is 0.357 e. The Hall–Kier alpha value is -1.30. The first-order chi connectivity index (χ1) is 12.2. The summed E-state index contributed by atoms with van der Waals surface area (Å²) in [6.45, 7) is 10.8. The molecule has 2 aliphatic heterocycles. The second-order valence-electron chi connectivity index (χ2n) is 7.12. The molecule has 6 nitrogen and oxygen atoms in total. The van der Waals surface area contributed by atoms with Gasteiger partial charge in [-0.3, -0.25) is 14.7 Å². The first-order valence-corrected chi connectivity index (χ1v) is 10.3. The van der Waals surface area contributed by atoms with Gasteiger partial charge in [0.05, 0.1) is 6.54 Å². The van der Waals surface area contributed by atoms with Gasteiger partial charge in [-0.15, -0.1) is 0 Å².